The summed E-state index contributed by atoms with van der Waals surface area (Å²) in [4.78, 5) is 12.0. The van der Waals surface area contributed by atoms with E-state index in [-0.39, 0.29) is 5.91 Å². The minimum absolute atomic E-state index is 0.0214. The molecule has 0 saturated carbocycles. The van der Waals surface area contributed by atoms with Crippen LogP contribution in [-0.2, 0) is 17.1 Å². The zero-order valence-corrected chi connectivity index (χ0v) is 15.2. The van der Waals surface area contributed by atoms with E-state index in [4.69, 9.17) is 21.1 Å². The average Bonchev–Trinajstić information content (AvgIpc) is 2.59. The van der Waals surface area contributed by atoms with Gasteiger partial charge in [0.25, 0.3) is 0 Å². The normalized spacial score (nSPS) is 10.3. The molecule has 2 aromatic rings. The summed E-state index contributed by atoms with van der Waals surface area (Å²) in [6.45, 7) is 0.400. The number of carbonyl (C=O) groups excluding carboxylic acids is 1. The molecular formula is C18H20ClNO3S. The van der Waals surface area contributed by atoms with Crippen molar-refractivity contribution >= 4 is 29.3 Å². The lowest BCUT2D eigenvalue weighted by Gasteiger charge is -2.13. The molecule has 0 radical (unpaired) electrons. The van der Waals surface area contributed by atoms with Crippen molar-refractivity contribution in [2.75, 3.05) is 20.0 Å². The number of rotatable bonds is 8. The molecule has 24 heavy (non-hydrogen) atoms. The van der Waals surface area contributed by atoms with Gasteiger partial charge in [0.15, 0.2) is 11.5 Å². The summed E-state index contributed by atoms with van der Waals surface area (Å²) < 4.78 is 10.6. The molecular weight excluding hydrogens is 346 g/mol. The third-order valence-corrected chi connectivity index (χ3v) is 4.59. The Hall–Kier alpha value is -1.85. The highest BCUT2D eigenvalue weighted by molar-refractivity contribution is 7.99. The van der Waals surface area contributed by atoms with Crippen LogP contribution in [0.4, 0.5) is 0 Å². The highest BCUT2D eigenvalue weighted by Gasteiger charge is 2.10. The summed E-state index contributed by atoms with van der Waals surface area (Å²) >= 11 is 7.50. The number of thioether (sulfide) groups is 1. The Balaban J connectivity index is 1.81. The molecule has 0 bridgehead atoms. The molecule has 0 unspecified atom stereocenters. The fraction of sp³-hybridized carbons (Fsp3) is 0.278. The van der Waals surface area contributed by atoms with Crippen LogP contribution in [-0.4, -0.2) is 25.9 Å². The van der Waals surface area contributed by atoms with E-state index >= 15 is 0 Å². The third kappa shape index (κ3) is 5.35. The predicted molar refractivity (Wildman–Crippen MR) is 99.0 cm³/mol. The summed E-state index contributed by atoms with van der Waals surface area (Å²) in [5, 5.41) is 3.61. The van der Waals surface area contributed by atoms with Crippen molar-refractivity contribution in [2.24, 2.45) is 0 Å². The summed E-state index contributed by atoms with van der Waals surface area (Å²) in [6.07, 6.45) is 0. The van der Waals surface area contributed by atoms with Gasteiger partial charge in [0.2, 0.25) is 5.91 Å². The molecule has 1 amide bonds. The molecule has 0 heterocycles. The number of methoxy groups -OCH3 is 2. The zero-order valence-electron chi connectivity index (χ0n) is 13.7. The van der Waals surface area contributed by atoms with Gasteiger partial charge in [-0.25, -0.2) is 0 Å². The van der Waals surface area contributed by atoms with Crippen molar-refractivity contribution < 1.29 is 14.3 Å². The molecule has 6 heteroatoms. The Labute approximate surface area is 151 Å². The first-order chi connectivity index (χ1) is 11.6. The Morgan fingerprint density at radius 3 is 2.67 bits per heavy atom. The lowest BCUT2D eigenvalue weighted by atomic mass is 10.2. The molecule has 0 aromatic heterocycles. The monoisotopic (exact) mass is 365 g/mol. The number of nitrogens with one attached hydrogen (secondary N) is 1. The van der Waals surface area contributed by atoms with Gasteiger partial charge in [-0.15, -0.1) is 11.8 Å². The summed E-state index contributed by atoms with van der Waals surface area (Å²) in [5.74, 6) is 2.41. The first-order valence-corrected chi connectivity index (χ1v) is 8.96. The number of amides is 1. The summed E-state index contributed by atoms with van der Waals surface area (Å²) in [6, 6.07) is 13.3. The standard InChI is InChI=1S/C18H20ClNO3S/c1-22-16-8-4-6-14(18(16)23-2)10-20-17(21)12-24-11-13-5-3-7-15(19)9-13/h3-9H,10-12H2,1-2H3,(H,20,21). The summed E-state index contributed by atoms with van der Waals surface area (Å²) in [7, 11) is 3.18. The van der Waals surface area contributed by atoms with Gasteiger partial charge >= 0.3 is 0 Å². The highest BCUT2D eigenvalue weighted by Crippen LogP contribution is 2.30. The Kier molecular flexibility index (Phi) is 7.28. The van der Waals surface area contributed by atoms with Crippen LogP contribution < -0.4 is 14.8 Å². The van der Waals surface area contributed by atoms with Crippen molar-refractivity contribution in [3.8, 4) is 11.5 Å². The maximum absolute atomic E-state index is 12.0. The Morgan fingerprint density at radius 2 is 1.96 bits per heavy atom. The highest BCUT2D eigenvalue weighted by atomic mass is 35.5. The van der Waals surface area contributed by atoms with E-state index in [1.54, 1.807) is 26.0 Å². The molecule has 2 rings (SSSR count). The fourth-order valence-corrected chi connectivity index (χ4v) is 3.24. The van der Waals surface area contributed by atoms with E-state index in [1.165, 1.54) is 0 Å². The second kappa shape index (κ2) is 9.45. The van der Waals surface area contributed by atoms with Crippen LogP contribution in [0, 0.1) is 0 Å². The van der Waals surface area contributed by atoms with Gasteiger partial charge in [0.1, 0.15) is 0 Å². The Bertz CT molecular complexity index is 694. The van der Waals surface area contributed by atoms with Gasteiger partial charge in [-0.2, -0.15) is 0 Å². The number of ether oxygens (including phenoxy) is 2. The first-order valence-electron chi connectivity index (χ1n) is 7.42. The number of hydrogen-bond acceptors (Lipinski definition) is 4. The van der Waals surface area contributed by atoms with Crippen LogP contribution in [0.5, 0.6) is 11.5 Å². The van der Waals surface area contributed by atoms with Crippen molar-refractivity contribution in [1.82, 2.24) is 5.32 Å². The smallest absolute Gasteiger partial charge is 0.230 e. The number of para-hydroxylation sites is 1. The minimum atomic E-state index is -0.0214. The van der Waals surface area contributed by atoms with Crippen molar-refractivity contribution in [1.29, 1.82) is 0 Å². The predicted octanol–water partition coefficient (Wildman–Crippen LogP) is 3.91. The van der Waals surface area contributed by atoms with Crippen LogP contribution in [0.3, 0.4) is 0 Å². The SMILES string of the molecule is COc1cccc(CNC(=O)CSCc2cccc(Cl)c2)c1OC. The van der Waals surface area contributed by atoms with E-state index < -0.39 is 0 Å². The topological polar surface area (TPSA) is 47.6 Å². The van der Waals surface area contributed by atoms with E-state index in [1.807, 2.05) is 42.5 Å². The van der Waals surface area contributed by atoms with Crippen LogP contribution in [0.15, 0.2) is 42.5 Å². The molecule has 0 fully saturated rings. The average molecular weight is 366 g/mol. The molecule has 128 valence electrons. The second-order valence-electron chi connectivity index (χ2n) is 5.05. The van der Waals surface area contributed by atoms with Gasteiger partial charge in [0.05, 0.1) is 20.0 Å². The number of benzene rings is 2. The minimum Gasteiger partial charge on any atom is -0.493 e. The van der Waals surface area contributed by atoms with Crippen molar-refractivity contribution in [3.63, 3.8) is 0 Å². The zero-order chi connectivity index (χ0) is 17.4. The number of halogens is 1. The van der Waals surface area contributed by atoms with E-state index in [0.717, 1.165) is 16.9 Å². The van der Waals surface area contributed by atoms with Gasteiger partial charge < -0.3 is 14.8 Å². The first kappa shape index (κ1) is 18.5. The van der Waals surface area contributed by atoms with Crippen molar-refractivity contribution in [3.05, 3.63) is 58.6 Å². The molecule has 0 aliphatic carbocycles. The fourth-order valence-electron chi connectivity index (χ4n) is 2.23. The molecule has 0 aliphatic heterocycles. The number of hydrogen-bond donors (Lipinski definition) is 1. The quantitative estimate of drug-likeness (QED) is 0.770. The van der Waals surface area contributed by atoms with Crippen LogP contribution >= 0.6 is 23.4 Å². The third-order valence-electron chi connectivity index (χ3n) is 3.35. The molecule has 1 N–H and O–H groups in total. The maximum atomic E-state index is 12.0. The lowest BCUT2D eigenvalue weighted by Crippen LogP contribution is -2.24. The van der Waals surface area contributed by atoms with Crippen LogP contribution in [0.1, 0.15) is 11.1 Å². The van der Waals surface area contributed by atoms with Gasteiger partial charge in [-0.3, -0.25) is 4.79 Å². The Morgan fingerprint density at radius 1 is 1.17 bits per heavy atom. The lowest BCUT2D eigenvalue weighted by molar-refractivity contribution is -0.118. The molecule has 2 aromatic carbocycles. The van der Waals surface area contributed by atoms with Crippen molar-refractivity contribution in [2.45, 2.75) is 12.3 Å². The van der Waals surface area contributed by atoms with Gasteiger partial charge in [0, 0.05) is 22.9 Å². The van der Waals surface area contributed by atoms with E-state index in [2.05, 4.69) is 5.32 Å². The van der Waals surface area contributed by atoms with E-state index in [0.29, 0.717) is 28.8 Å². The number of carbonyl (C=O) groups is 1. The maximum Gasteiger partial charge on any atom is 0.230 e. The molecule has 0 spiro atoms. The largest absolute Gasteiger partial charge is 0.493 e. The van der Waals surface area contributed by atoms with E-state index in [9.17, 15) is 4.79 Å². The summed E-state index contributed by atoms with van der Waals surface area (Å²) in [5.41, 5.74) is 1.99. The molecule has 4 nitrogen and oxygen atoms in total. The van der Waals surface area contributed by atoms with Gasteiger partial charge in [-0.1, -0.05) is 35.9 Å². The van der Waals surface area contributed by atoms with Crippen LogP contribution in [0.25, 0.3) is 0 Å². The van der Waals surface area contributed by atoms with Gasteiger partial charge in [-0.05, 0) is 23.8 Å². The molecule has 0 atom stereocenters. The second-order valence-corrected chi connectivity index (χ2v) is 6.47. The molecule has 0 saturated heterocycles. The molecule has 0 aliphatic rings. The van der Waals surface area contributed by atoms with Crippen LogP contribution in [0.2, 0.25) is 5.02 Å².